The lowest BCUT2D eigenvalue weighted by Gasteiger charge is -1.84. The van der Waals surface area contributed by atoms with E-state index in [9.17, 15) is 0 Å². The summed E-state index contributed by atoms with van der Waals surface area (Å²) < 4.78 is 1.14. The number of aromatic nitrogens is 1. The second-order valence-electron chi connectivity index (χ2n) is 1.94. The fourth-order valence-corrected chi connectivity index (χ4v) is 2.34. The molecular formula is C7H4BrNS. The Morgan fingerprint density at radius 3 is 3.20 bits per heavy atom. The summed E-state index contributed by atoms with van der Waals surface area (Å²) in [6.45, 7) is 0. The van der Waals surface area contributed by atoms with Crippen molar-refractivity contribution in [2.75, 3.05) is 0 Å². The molecule has 2 heterocycles. The second kappa shape index (κ2) is 2.32. The number of fused-ring (bicyclic) bond motifs is 1. The summed E-state index contributed by atoms with van der Waals surface area (Å²) >= 11 is 5.09. The second-order valence-corrected chi connectivity index (χ2v) is 3.65. The topological polar surface area (TPSA) is 12.9 Å². The van der Waals surface area contributed by atoms with Gasteiger partial charge in [0.2, 0.25) is 0 Å². The van der Waals surface area contributed by atoms with Crippen LogP contribution in [0.2, 0.25) is 0 Å². The van der Waals surface area contributed by atoms with Crippen molar-refractivity contribution < 1.29 is 0 Å². The predicted octanol–water partition coefficient (Wildman–Crippen LogP) is 3.06. The average Bonchev–Trinajstić information content (AvgIpc) is 2.34. The van der Waals surface area contributed by atoms with Gasteiger partial charge in [-0.1, -0.05) is 0 Å². The fraction of sp³-hybridized carbons (Fsp3) is 0. The molecule has 0 bridgehead atoms. The standard InChI is InChI=1S/C7H4BrNS/c8-6-4-10-7-5(6)2-1-3-9-7/h1-4H. The predicted molar refractivity (Wildman–Crippen MR) is 47.3 cm³/mol. The summed E-state index contributed by atoms with van der Waals surface area (Å²) in [6.07, 6.45) is 1.81. The Morgan fingerprint density at radius 1 is 1.50 bits per heavy atom. The molecule has 0 spiro atoms. The summed E-state index contributed by atoms with van der Waals surface area (Å²) in [6, 6.07) is 4.00. The molecule has 2 rings (SSSR count). The van der Waals surface area contributed by atoms with E-state index in [0.717, 1.165) is 9.30 Å². The van der Waals surface area contributed by atoms with Gasteiger partial charge in [0.25, 0.3) is 0 Å². The van der Waals surface area contributed by atoms with Crippen LogP contribution in [0.25, 0.3) is 10.2 Å². The van der Waals surface area contributed by atoms with Crippen LogP contribution in [0.5, 0.6) is 0 Å². The molecule has 50 valence electrons. The van der Waals surface area contributed by atoms with Crippen LogP contribution in [0.1, 0.15) is 0 Å². The van der Waals surface area contributed by atoms with Crippen LogP contribution < -0.4 is 0 Å². The monoisotopic (exact) mass is 213 g/mol. The van der Waals surface area contributed by atoms with Gasteiger partial charge >= 0.3 is 0 Å². The van der Waals surface area contributed by atoms with Crippen molar-refractivity contribution in [2.24, 2.45) is 0 Å². The van der Waals surface area contributed by atoms with Gasteiger partial charge in [-0.2, -0.15) is 0 Å². The number of hydrogen-bond donors (Lipinski definition) is 0. The van der Waals surface area contributed by atoms with Gasteiger partial charge < -0.3 is 0 Å². The van der Waals surface area contributed by atoms with E-state index in [4.69, 9.17) is 0 Å². The SMILES string of the molecule is Brc1csc2ncccc12. The first-order valence-electron chi connectivity index (χ1n) is 2.85. The maximum atomic E-state index is 4.19. The number of halogens is 1. The van der Waals surface area contributed by atoms with E-state index in [1.54, 1.807) is 11.3 Å². The summed E-state index contributed by atoms with van der Waals surface area (Å²) in [5.74, 6) is 0. The molecule has 0 aliphatic carbocycles. The normalized spacial score (nSPS) is 10.5. The molecule has 0 aliphatic heterocycles. The molecule has 3 heteroatoms. The lowest BCUT2D eigenvalue weighted by atomic mass is 10.4. The lowest BCUT2D eigenvalue weighted by Crippen LogP contribution is -1.66. The molecule has 0 saturated heterocycles. The first kappa shape index (κ1) is 6.31. The van der Waals surface area contributed by atoms with Crippen LogP contribution in [0.4, 0.5) is 0 Å². The largest absolute Gasteiger partial charge is 0.245 e. The first-order valence-corrected chi connectivity index (χ1v) is 4.53. The molecule has 0 aromatic carbocycles. The Hall–Kier alpha value is -0.410. The van der Waals surface area contributed by atoms with E-state index < -0.39 is 0 Å². The molecule has 0 fully saturated rings. The molecule has 0 amide bonds. The zero-order valence-corrected chi connectivity index (χ0v) is 7.45. The van der Waals surface area contributed by atoms with Crippen molar-refractivity contribution in [3.05, 3.63) is 28.2 Å². The fourth-order valence-electron chi connectivity index (χ4n) is 0.838. The minimum Gasteiger partial charge on any atom is -0.245 e. The molecule has 0 unspecified atom stereocenters. The van der Waals surface area contributed by atoms with Crippen LogP contribution >= 0.6 is 27.3 Å². The molecule has 0 saturated carbocycles. The highest BCUT2D eigenvalue weighted by molar-refractivity contribution is 9.10. The third-order valence-electron chi connectivity index (χ3n) is 1.30. The molecule has 2 aromatic rings. The van der Waals surface area contributed by atoms with Gasteiger partial charge in [0, 0.05) is 21.4 Å². The maximum absolute atomic E-state index is 4.19. The molecule has 0 aliphatic rings. The third-order valence-corrected chi connectivity index (χ3v) is 3.16. The quantitative estimate of drug-likeness (QED) is 0.656. The minimum absolute atomic E-state index is 1.09. The molecule has 10 heavy (non-hydrogen) atoms. The molecule has 0 N–H and O–H groups in total. The van der Waals surface area contributed by atoms with Crippen LogP contribution in [0.3, 0.4) is 0 Å². The van der Waals surface area contributed by atoms with E-state index in [1.807, 2.05) is 12.3 Å². The van der Waals surface area contributed by atoms with Crippen molar-refractivity contribution >= 4 is 37.5 Å². The molecule has 1 nitrogen and oxygen atoms in total. The van der Waals surface area contributed by atoms with E-state index in [1.165, 1.54) is 5.39 Å². The molecule has 0 atom stereocenters. The minimum atomic E-state index is 1.09. The van der Waals surface area contributed by atoms with Crippen LogP contribution in [-0.2, 0) is 0 Å². The summed E-state index contributed by atoms with van der Waals surface area (Å²) in [5.41, 5.74) is 0. The van der Waals surface area contributed by atoms with E-state index in [2.05, 4.69) is 32.4 Å². The van der Waals surface area contributed by atoms with Gasteiger partial charge in [0.05, 0.1) is 0 Å². The van der Waals surface area contributed by atoms with E-state index in [0.29, 0.717) is 0 Å². The van der Waals surface area contributed by atoms with Crippen molar-refractivity contribution in [1.82, 2.24) is 4.98 Å². The maximum Gasteiger partial charge on any atom is 0.124 e. The zero-order valence-electron chi connectivity index (χ0n) is 5.04. The molecular weight excluding hydrogens is 210 g/mol. The highest BCUT2D eigenvalue weighted by atomic mass is 79.9. The Balaban J connectivity index is 2.93. The Kier molecular flexibility index (Phi) is 1.47. The summed E-state index contributed by atoms with van der Waals surface area (Å²) in [5, 5.41) is 3.25. The summed E-state index contributed by atoms with van der Waals surface area (Å²) in [7, 11) is 0. The van der Waals surface area contributed by atoms with Crippen LogP contribution in [0, 0.1) is 0 Å². The van der Waals surface area contributed by atoms with Crippen LogP contribution in [-0.4, -0.2) is 4.98 Å². The Bertz CT molecular complexity index is 355. The third kappa shape index (κ3) is 0.859. The Morgan fingerprint density at radius 2 is 2.40 bits per heavy atom. The Labute approximate surface area is 70.8 Å². The van der Waals surface area contributed by atoms with Gasteiger partial charge in [-0.15, -0.1) is 11.3 Å². The van der Waals surface area contributed by atoms with Crippen molar-refractivity contribution in [3.63, 3.8) is 0 Å². The number of hydrogen-bond acceptors (Lipinski definition) is 2. The van der Waals surface area contributed by atoms with Crippen molar-refractivity contribution in [2.45, 2.75) is 0 Å². The van der Waals surface area contributed by atoms with Crippen molar-refractivity contribution in [3.8, 4) is 0 Å². The molecule has 0 radical (unpaired) electrons. The number of thiophene rings is 1. The van der Waals surface area contributed by atoms with Crippen LogP contribution in [0.15, 0.2) is 28.2 Å². The first-order chi connectivity index (χ1) is 4.88. The number of nitrogens with zero attached hydrogens (tertiary/aromatic N) is 1. The van der Waals surface area contributed by atoms with E-state index in [-0.39, 0.29) is 0 Å². The van der Waals surface area contributed by atoms with Gasteiger partial charge in [0.1, 0.15) is 4.83 Å². The number of rotatable bonds is 0. The number of pyridine rings is 1. The molecule has 2 aromatic heterocycles. The lowest BCUT2D eigenvalue weighted by molar-refractivity contribution is 1.45. The zero-order chi connectivity index (χ0) is 6.97. The van der Waals surface area contributed by atoms with Gasteiger partial charge in [-0.3, -0.25) is 0 Å². The van der Waals surface area contributed by atoms with Gasteiger partial charge in [-0.05, 0) is 28.1 Å². The average molecular weight is 214 g/mol. The highest BCUT2D eigenvalue weighted by Gasteiger charge is 1.98. The smallest absolute Gasteiger partial charge is 0.124 e. The summed E-state index contributed by atoms with van der Waals surface area (Å²) in [4.78, 5) is 5.28. The van der Waals surface area contributed by atoms with E-state index >= 15 is 0 Å². The van der Waals surface area contributed by atoms with Crippen molar-refractivity contribution in [1.29, 1.82) is 0 Å². The van der Waals surface area contributed by atoms with Gasteiger partial charge in [0.15, 0.2) is 0 Å². The highest BCUT2D eigenvalue weighted by Crippen LogP contribution is 2.27. The van der Waals surface area contributed by atoms with Gasteiger partial charge in [-0.25, -0.2) is 4.98 Å².